The number of thioether (sulfide) groups is 1. The Morgan fingerprint density at radius 3 is 3.07 bits per heavy atom. The van der Waals surface area contributed by atoms with Gasteiger partial charge >= 0.3 is 0 Å². The molecule has 0 saturated carbocycles. The van der Waals surface area contributed by atoms with Crippen molar-refractivity contribution in [3.8, 4) is 0 Å². The molecule has 2 unspecified atom stereocenters. The van der Waals surface area contributed by atoms with Gasteiger partial charge in [-0.1, -0.05) is 6.92 Å². The summed E-state index contributed by atoms with van der Waals surface area (Å²) in [5, 5.41) is 4.33. The first kappa shape index (κ1) is 10.8. The van der Waals surface area contributed by atoms with Crippen LogP contribution in [0.15, 0.2) is 16.5 Å². The van der Waals surface area contributed by atoms with Crippen LogP contribution in [0.25, 0.3) is 0 Å². The van der Waals surface area contributed by atoms with Crippen LogP contribution in [0.1, 0.15) is 19.1 Å². The molecule has 0 amide bonds. The Labute approximate surface area is 102 Å². The first-order valence-electron chi connectivity index (χ1n) is 4.83. The number of furan rings is 1. The van der Waals surface area contributed by atoms with Crippen LogP contribution in [0.3, 0.4) is 0 Å². The van der Waals surface area contributed by atoms with Crippen LogP contribution < -0.4 is 5.32 Å². The summed E-state index contributed by atoms with van der Waals surface area (Å²) in [5.41, 5.74) is 0. The number of nitrogens with one attached hydrogen (secondary N) is 1. The van der Waals surface area contributed by atoms with Crippen molar-refractivity contribution in [2.75, 3.05) is 5.75 Å². The molecule has 1 aliphatic rings. The zero-order chi connectivity index (χ0) is 9.97. The van der Waals surface area contributed by atoms with E-state index in [2.05, 4.69) is 46.6 Å². The Hall–Kier alpha value is 0.320. The quantitative estimate of drug-likeness (QED) is 0.866. The van der Waals surface area contributed by atoms with Crippen molar-refractivity contribution in [1.29, 1.82) is 0 Å². The van der Waals surface area contributed by atoms with E-state index >= 15 is 0 Å². The molecule has 2 nitrogen and oxygen atoms in total. The van der Waals surface area contributed by atoms with E-state index in [9.17, 15) is 0 Å². The van der Waals surface area contributed by atoms with Gasteiger partial charge in [-0.2, -0.15) is 11.8 Å². The van der Waals surface area contributed by atoms with E-state index in [4.69, 9.17) is 4.42 Å². The van der Waals surface area contributed by atoms with Crippen LogP contribution in [0.2, 0.25) is 0 Å². The molecule has 1 saturated heterocycles. The van der Waals surface area contributed by atoms with Gasteiger partial charge in [-0.15, -0.1) is 0 Å². The Morgan fingerprint density at radius 1 is 1.64 bits per heavy atom. The Balaban J connectivity index is 1.77. The molecule has 2 atom stereocenters. The van der Waals surface area contributed by atoms with Gasteiger partial charge in [0.2, 0.25) is 0 Å². The number of halogens is 1. The largest absolute Gasteiger partial charge is 0.454 e. The molecule has 1 fully saturated rings. The summed E-state index contributed by atoms with van der Waals surface area (Å²) in [5.74, 6) is 2.28. The highest BCUT2D eigenvalue weighted by Crippen LogP contribution is 2.26. The molecule has 1 aromatic rings. The second-order valence-electron chi connectivity index (χ2n) is 3.66. The fourth-order valence-electron chi connectivity index (χ4n) is 1.65. The van der Waals surface area contributed by atoms with Crippen molar-refractivity contribution in [3.63, 3.8) is 0 Å². The predicted octanol–water partition coefficient (Wildman–Crippen LogP) is 2.87. The van der Waals surface area contributed by atoms with E-state index in [1.54, 1.807) is 0 Å². The van der Waals surface area contributed by atoms with E-state index in [1.165, 1.54) is 12.2 Å². The Morgan fingerprint density at radius 2 is 2.50 bits per heavy atom. The van der Waals surface area contributed by atoms with Gasteiger partial charge in [0, 0.05) is 17.0 Å². The highest BCUT2D eigenvalue weighted by molar-refractivity contribution is 14.1. The topological polar surface area (TPSA) is 25.2 Å². The molecule has 0 bridgehead atoms. The third kappa shape index (κ3) is 2.90. The summed E-state index contributed by atoms with van der Waals surface area (Å²) < 4.78 is 6.45. The van der Waals surface area contributed by atoms with Gasteiger partial charge in [-0.3, -0.25) is 0 Å². The van der Waals surface area contributed by atoms with E-state index in [1.807, 2.05) is 12.1 Å². The van der Waals surface area contributed by atoms with Crippen molar-refractivity contribution in [2.24, 2.45) is 0 Å². The minimum atomic E-state index is 0.665. The lowest BCUT2D eigenvalue weighted by atomic mass is 10.2. The lowest BCUT2D eigenvalue weighted by molar-refractivity contribution is 0.439. The summed E-state index contributed by atoms with van der Waals surface area (Å²) in [6.07, 6.45) is 1.28. The fourth-order valence-corrected chi connectivity index (χ4v) is 3.30. The molecule has 0 aliphatic carbocycles. The molecule has 78 valence electrons. The molecular weight excluding hydrogens is 309 g/mol. The Bertz CT molecular complexity index is 302. The fraction of sp³-hybridized carbons (Fsp3) is 0.600. The molecule has 2 rings (SSSR count). The van der Waals surface area contributed by atoms with Gasteiger partial charge in [0.25, 0.3) is 0 Å². The lowest BCUT2D eigenvalue weighted by Crippen LogP contribution is -2.28. The predicted molar refractivity (Wildman–Crippen MR) is 68.6 cm³/mol. The van der Waals surface area contributed by atoms with E-state index < -0.39 is 0 Å². The van der Waals surface area contributed by atoms with Gasteiger partial charge in [-0.05, 0) is 41.1 Å². The smallest absolute Gasteiger partial charge is 0.164 e. The van der Waals surface area contributed by atoms with Crippen molar-refractivity contribution in [3.05, 3.63) is 21.7 Å². The standard InChI is InChI=1S/C10H14INOS/c1-7-4-8(6-14-7)12-5-9-2-3-10(11)13-9/h2-3,7-8,12H,4-6H2,1H3. The summed E-state index contributed by atoms with van der Waals surface area (Å²) in [7, 11) is 0. The Kier molecular flexibility index (Phi) is 3.79. The van der Waals surface area contributed by atoms with Gasteiger partial charge in [0.15, 0.2) is 3.77 Å². The van der Waals surface area contributed by atoms with Crippen molar-refractivity contribution >= 4 is 34.4 Å². The summed E-state index contributed by atoms with van der Waals surface area (Å²) in [6.45, 7) is 3.16. The monoisotopic (exact) mass is 323 g/mol. The van der Waals surface area contributed by atoms with Crippen LogP contribution in [0.5, 0.6) is 0 Å². The first-order chi connectivity index (χ1) is 6.74. The van der Waals surface area contributed by atoms with E-state index in [0.29, 0.717) is 6.04 Å². The van der Waals surface area contributed by atoms with Gasteiger partial charge < -0.3 is 9.73 Å². The van der Waals surface area contributed by atoms with Gasteiger partial charge in [0.1, 0.15) is 5.76 Å². The van der Waals surface area contributed by atoms with Gasteiger partial charge in [0.05, 0.1) is 6.54 Å². The molecule has 0 spiro atoms. The molecule has 0 aromatic carbocycles. The summed E-state index contributed by atoms with van der Waals surface area (Å²) in [6, 6.07) is 4.71. The molecule has 14 heavy (non-hydrogen) atoms. The summed E-state index contributed by atoms with van der Waals surface area (Å²) in [4.78, 5) is 0. The van der Waals surface area contributed by atoms with E-state index in [-0.39, 0.29) is 0 Å². The van der Waals surface area contributed by atoms with Crippen LogP contribution in [-0.2, 0) is 6.54 Å². The van der Waals surface area contributed by atoms with Crippen LogP contribution in [0.4, 0.5) is 0 Å². The van der Waals surface area contributed by atoms with Crippen molar-refractivity contribution in [2.45, 2.75) is 31.2 Å². The van der Waals surface area contributed by atoms with Gasteiger partial charge in [-0.25, -0.2) is 0 Å². The molecule has 1 aromatic heterocycles. The average Bonchev–Trinajstić information content (AvgIpc) is 2.72. The minimum absolute atomic E-state index is 0.665. The molecule has 4 heteroatoms. The maximum absolute atomic E-state index is 5.49. The maximum atomic E-state index is 5.49. The molecule has 0 radical (unpaired) electrons. The van der Waals surface area contributed by atoms with Crippen LogP contribution >= 0.6 is 34.4 Å². The maximum Gasteiger partial charge on any atom is 0.164 e. The third-order valence-corrected chi connectivity index (χ3v) is 4.33. The number of rotatable bonds is 3. The third-order valence-electron chi connectivity index (χ3n) is 2.39. The molecule has 1 aliphatic heterocycles. The zero-order valence-corrected chi connectivity index (χ0v) is 11.1. The summed E-state index contributed by atoms with van der Waals surface area (Å²) >= 11 is 4.24. The van der Waals surface area contributed by atoms with Crippen LogP contribution in [0, 0.1) is 3.77 Å². The number of hydrogen-bond acceptors (Lipinski definition) is 3. The van der Waals surface area contributed by atoms with Crippen LogP contribution in [-0.4, -0.2) is 17.0 Å². The molecule has 2 heterocycles. The first-order valence-corrected chi connectivity index (χ1v) is 6.96. The highest BCUT2D eigenvalue weighted by atomic mass is 127. The minimum Gasteiger partial charge on any atom is -0.454 e. The number of hydrogen-bond donors (Lipinski definition) is 1. The van der Waals surface area contributed by atoms with Crippen molar-refractivity contribution < 1.29 is 4.42 Å². The second-order valence-corrected chi connectivity index (χ2v) is 6.20. The normalized spacial score (nSPS) is 27.0. The SMILES string of the molecule is CC1CC(NCc2ccc(I)o2)CS1. The molecule has 1 N–H and O–H groups in total. The molecular formula is C10H14INOS. The lowest BCUT2D eigenvalue weighted by Gasteiger charge is -2.09. The second kappa shape index (κ2) is 4.90. The zero-order valence-electron chi connectivity index (χ0n) is 8.13. The van der Waals surface area contributed by atoms with Crippen molar-refractivity contribution in [1.82, 2.24) is 5.32 Å². The average molecular weight is 323 g/mol. The highest BCUT2D eigenvalue weighted by Gasteiger charge is 2.21. The van der Waals surface area contributed by atoms with E-state index in [0.717, 1.165) is 21.3 Å².